The summed E-state index contributed by atoms with van der Waals surface area (Å²) in [4.78, 5) is 0. The molecule has 4 heteroatoms. The average molecular weight is 181 g/mol. The SMILES string of the molecule is CCNC1(C(F)(F)F)CCCC1. The van der Waals surface area contributed by atoms with Crippen LogP contribution in [0.25, 0.3) is 0 Å². The van der Waals surface area contributed by atoms with Gasteiger partial charge in [0, 0.05) is 0 Å². The van der Waals surface area contributed by atoms with Crippen LogP contribution in [0.15, 0.2) is 0 Å². The predicted molar refractivity (Wildman–Crippen MR) is 40.9 cm³/mol. The molecule has 1 aliphatic carbocycles. The summed E-state index contributed by atoms with van der Waals surface area (Å²) in [6.45, 7) is 2.10. The summed E-state index contributed by atoms with van der Waals surface area (Å²) >= 11 is 0. The van der Waals surface area contributed by atoms with Gasteiger partial charge in [0.2, 0.25) is 0 Å². The molecule has 0 aliphatic heterocycles. The van der Waals surface area contributed by atoms with Gasteiger partial charge >= 0.3 is 6.18 Å². The monoisotopic (exact) mass is 181 g/mol. The molecule has 0 bridgehead atoms. The molecule has 12 heavy (non-hydrogen) atoms. The Morgan fingerprint density at radius 1 is 1.25 bits per heavy atom. The lowest BCUT2D eigenvalue weighted by Crippen LogP contribution is -2.54. The van der Waals surface area contributed by atoms with E-state index in [1.807, 2.05) is 0 Å². The number of hydrogen-bond donors (Lipinski definition) is 1. The molecule has 1 saturated carbocycles. The molecule has 0 aromatic heterocycles. The van der Waals surface area contributed by atoms with Crippen LogP contribution >= 0.6 is 0 Å². The highest BCUT2D eigenvalue weighted by molar-refractivity contribution is 4.98. The van der Waals surface area contributed by atoms with E-state index in [9.17, 15) is 13.2 Å². The Balaban J connectivity index is 2.72. The molecule has 0 atom stereocenters. The van der Waals surface area contributed by atoms with Crippen molar-refractivity contribution in [2.75, 3.05) is 6.54 Å². The van der Waals surface area contributed by atoms with Crippen molar-refractivity contribution >= 4 is 0 Å². The van der Waals surface area contributed by atoms with Gasteiger partial charge in [-0.2, -0.15) is 13.2 Å². The third kappa shape index (κ3) is 1.58. The van der Waals surface area contributed by atoms with E-state index in [1.165, 1.54) is 0 Å². The number of halogens is 3. The van der Waals surface area contributed by atoms with Crippen molar-refractivity contribution in [2.24, 2.45) is 0 Å². The maximum atomic E-state index is 12.5. The van der Waals surface area contributed by atoms with E-state index < -0.39 is 11.7 Å². The highest BCUT2D eigenvalue weighted by Gasteiger charge is 2.55. The van der Waals surface area contributed by atoms with Gasteiger partial charge in [-0.3, -0.25) is 0 Å². The normalized spacial score (nSPS) is 23.0. The molecule has 0 saturated heterocycles. The Hall–Kier alpha value is -0.250. The molecule has 0 heterocycles. The van der Waals surface area contributed by atoms with E-state index >= 15 is 0 Å². The van der Waals surface area contributed by atoms with Gasteiger partial charge in [0.25, 0.3) is 0 Å². The average Bonchev–Trinajstić information content (AvgIpc) is 2.36. The Bertz CT molecular complexity index is 147. The highest BCUT2D eigenvalue weighted by Crippen LogP contribution is 2.42. The van der Waals surface area contributed by atoms with E-state index in [2.05, 4.69) is 5.32 Å². The van der Waals surface area contributed by atoms with Gasteiger partial charge in [-0.25, -0.2) is 0 Å². The molecule has 72 valence electrons. The second kappa shape index (κ2) is 3.24. The Morgan fingerprint density at radius 2 is 1.75 bits per heavy atom. The molecule has 0 unspecified atom stereocenters. The summed E-state index contributed by atoms with van der Waals surface area (Å²) < 4.78 is 37.6. The molecular weight excluding hydrogens is 167 g/mol. The minimum Gasteiger partial charge on any atom is -0.304 e. The van der Waals surface area contributed by atoms with Crippen LogP contribution in [-0.4, -0.2) is 18.3 Å². The van der Waals surface area contributed by atoms with E-state index in [0.29, 0.717) is 19.4 Å². The highest BCUT2D eigenvalue weighted by atomic mass is 19.4. The van der Waals surface area contributed by atoms with Crippen LogP contribution < -0.4 is 5.32 Å². The van der Waals surface area contributed by atoms with Gasteiger partial charge in [0.1, 0.15) is 5.54 Å². The molecule has 1 aliphatic rings. The van der Waals surface area contributed by atoms with Gasteiger partial charge in [-0.1, -0.05) is 19.8 Å². The summed E-state index contributed by atoms with van der Waals surface area (Å²) in [5.41, 5.74) is -1.57. The first kappa shape index (κ1) is 9.84. The summed E-state index contributed by atoms with van der Waals surface area (Å²) in [5.74, 6) is 0. The second-order valence-electron chi connectivity index (χ2n) is 3.32. The zero-order valence-corrected chi connectivity index (χ0v) is 7.17. The predicted octanol–water partition coefficient (Wildman–Crippen LogP) is 2.47. The van der Waals surface area contributed by atoms with Crippen molar-refractivity contribution in [1.82, 2.24) is 5.32 Å². The largest absolute Gasteiger partial charge is 0.406 e. The van der Waals surface area contributed by atoms with Gasteiger partial charge in [-0.05, 0) is 19.4 Å². The summed E-state index contributed by atoms with van der Waals surface area (Å²) in [7, 11) is 0. The zero-order chi connectivity index (χ0) is 9.24. The lowest BCUT2D eigenvalue weighted by molar-refractivity contribution is -0.194. The maximum absolute atomic E-state index is 12.5. The van der Waals surface area contributed by atoms with Gasteiger partial charge in [-0.15, -0.1) is 0 Å². The minimum absolute atomic E-state index is 0.240. The molecular formula is C8H14F3N. The smallest absolute Gasteiger partial charge is 0.304 e. The second-order valence-corrected chi connectivity index (χ2v) is 3.32. The topological polar surface area (TPSA) is 12.0 Å². The van der Waals surface area contributed by atoms with Crippen molar-refractivity contribution in [3.05, 3.63) is 0 Å². The lowest BCUT2D eigenvalue weighted by Gasteiger charge is -2.32. The number of hydrogen-bond acceptors (Lipinski definition) is 1. The maximum Gasteiger partial charge on any atom is 0.406 e. The molecule has 0 spiro atoms. The van der Waals surface area contributed by atoms with Gasteiger partial charge in [0.15, 0.2) is 0 Å². The fraction of sp³-hybridized carbons (Fsp3) is 1.00. The van der Waals surface area contributed by atoms with Crippen molar-refractivity contribution in [1.29, 1.82) is 0 Å². The van der Waals surface area contributed by atoms with Crippen molar-refractivity contribution in [3.8, 4) is 0 Å². The Kier molecular flexibility index (Phi) is 2.66. The zero-order valence-electron chi connectivity index (χ0n) is 7.17. The standard InChI is InChI=1S/C8H14F3N/c1-2-12-7(8(9,10)11)5-3-4-6-7/h12H,2-6H2,1H3. The first-order valence-corrected chi connectivity index (χ1v) is 4.33. The van der Waals surface area contributed by atoms with Crippen LogP contribution in [0.1, 0.15) is 32.6 Å². The van der Waals surface area contributed by atoms with E-state index in [0.717, 1.165) is 0 Å². The van der Waals surface area contributed by atoms with Gasteiger partial charge < -0.3 is 5.32 Å². The van der Waals surface area contributed by atoms with Crippen LogP contribution in [0, 0.1) is 0 Å². The van der Waals surface area contributed by atoms with E-state index in [-0.39, 0.29) is 12.8 Å². The fourth-order valence-corrected chi connectivity index (χ4v) is 1.88. The molecule has 0 radical (unpaired) electrons. The third-order valence-corrected chi connectivity index (χ3v) is 2.51. The van der Waals surface area contributed by atoms with Crippen LogP contribution in [0.3, 0.4) is 0 Å². The first-order valence-electron chi connectivity index (χ1n) is 4.33. The first-order chi connectivity index (χ1) is 5.52. The van der Waals surface area contributed by atoms with Crippen molar-refractivity contribution in [2.45, 2.75) is 44.3 Å². The van der Waals surface area contributed by atoms with Crippen LogP contribution in [0.4, 0.5) is 13.2 Å². The Labute approximate surface area is 70.3 Å². The number of nitrogens with one attached hydrogen (secondary N) is 1. The molecule has 1 rings (SSSR count). The van der Waals surface area contributed by atoms with E-state index in [4.69, 9.17) is 0 Å². The number of rotatable bonds is 2. The molecule has 0 aromatic rings. The third-order valence-electron chi connectivity index (χ3n) is 2.51. The summed E-state index contributed by atoms with van der Waals surface area (Å²) in [6.07, 6.45) is -2.23. The molecule has 0 aromatic carbocycles. The minimum atomic E-state index is -4.08. The van der Waals surface area contributed by atoms with Crippen LogP contribution in [0.2, 0.25) is 0 Å². The summed E-state index contributed by atoms with van der Waals surface area (Å²) in [5, 5.41) is 2.57. The van der Waals surface area contributed by atoms with Crippen molar-refractivity contribution < 1.29 is 13.2 Å². The van der Waals surface area contributed by atoms with Gasteiger partial charge in [0.05, 0.1) is 0 Å². The van der Waals surface area contributed by atoms with Crippen molar-refractivity contribution in [3.63, 3.8) is 0 Å². The molecule has 1 fully saturated rings. The van der Waals surface area contributed by atoms with E-state index in [1.54, 1.807) is 6.92 Å². The Morgan fingerprint density at radius 3 is 2.08 bits per heavy atom. The quantitative estimate of drug-likeness (QED) is 0.690. The summed E-state index contributed by atoms with van der Waals surface area (Å²) in [6, 6.07) is 0. The molecule has 1 nitrogen and oxygen atoms in total. The molecule has 0 amide bonds. The fourth-order valence-electron chi connectivity index (χ4n) is 1.88. The van der Waals surface area contributed by atoms with Crippen LogP contribution in [0.5, 0.6) is 0 Å². The number of alkyl halides is 3. The molecule has 1 N–H and O–H groups in total. The van der Waals surface area contributed by atoms with Crippen LogP contribution in [-0.2, 0) is 0 Å². The lowest BCUT2D eigenvalue weighted by atomic mass is 9.97.